The van der Waals surface area contributed by atoms with Crippen LogP contribution in [0.25, 0.3) is 10.8 Å². The fourth-order valence-electron chi connectivity index (χ4n) is 1.85. The normalized spacial score (nSPS) is 10.7. The highest BCUT2D eigenvalue weighted by Crippen LogP contribution is 2.24. The van der Waals surface area contributed by atoms with Crippen molar-refractivity contribution in [3.05, 3.63) is 58.8 Å². The monoisotopic (exact) mass is 285 g/mol. The van der Waals surface area contributed by atoms with Crippen LogP contribution in [0.5, 0.6) is 5.75 Å². The van der Waals surface area contributed by atoms with Gasteiger partial charge in [0.25, 0.3) is 0 Å². The molecule has 0 unspecified atom stereocenters. The first kappa shape index (κ1) is 12.9. The van der Waals surface area contributed by atoms with E-state index in [1.165, 1.54) is 11.1 Å². The number of hydrogen-bond donors (Lipinski definition) is 0. The Hall–Kier alpha value is -2.07. The van der Waals surface area contributed by atoms with Gasteiger partial charge < -0.3 is 9.15 Å². The van der Waals surface area contributed by atoms with Crippen molar-refractivity contribution in [3.63, 3.8) is 0 Å². The third kappa shape index (κ3) is 2.75. The Labute approximate surface area is 121 Å². The maximum atomic E-state index is 5.74. The van der Waals surface area contributed by atoms with E-state index < -0.39 is 0 Å². The van der Waals surface area contributed by atoms with E-state index in [0.717, 1.165) is 16.3 Å². The van der Waals surface area contributed by atoms with Crippen molar-refractivity contribution in [1.82, 2.24) is 4.98 Å². The molecule has 2 aromatic heterocycles. The molecule has 0 saturated carbocycles. The summed E-state index contributed by atoms with van der Waals surface area (Å²) in [7, 11) is 0. The van der Waals surface area contributed by atoms with Gasteiger partial charge in [0.1, 0.15) is 24.3 Å². The Morgan fingerprint density at radius 2 is 2.10 bits per heavy atom. The Kier molecular flexibility index (Phi) is 3.56. The number of benzene rings is 1. The summed E-state index contributed by atoms with van der Waals surface area (Å²) >= 11 is 1.61. The SMILES string of the molecule is Cc1ccc(OCc2coc(-c3cccs3)n2)cc1C. The Morgan fingerprint density at radius 3 is 2.85 bits per heavy atom. The molecule has 3 aromatic rings. The molecule has 1 aromatic carbocycles. The molecular formula is C16H15NO2S. The van der Waals surface area contributed by atoms with E-state index in [9.17, 15) is 0 Å². The summed E-state index contributed by atoms with van der Waals surface area (Å²) in [6.45, 7) is 4.58. The highest BCUT2D eigenvalue weighted by Gasteiger charge is 2.08. The summed E-state index contributed by atoms with van der Waals surface area (Å²) in [6.07, 6.45) is 1.65. The van der Waals surface area contributed by atoms with Crippen LogP contribution in [0.1, 0.15) is 16.8 Å². The first-order chi connectivity index (χ1) is 9.72. The summed E-state index contributed by atoms with van der Waals surface area (Å²) < 4.78 is 11.2. The minimum absolute atomic E-state index is 0.414. The molecule has 0 N–H and O–H groups in total. The van der Waals surface area contributed by atoms with Crippen LogP contribution < -0.4 is 4.74 Å². The summed E-state index contributed by atoms with van der Waals surface area (Å²) in [5, 5.41) is 2.00. The van der Waals surface area contributed by atoms with Crippen LogP contribution in [0, 0.1) is 13.8 Å². The summed E-state index contributed by atoms with van der Waals surface area (Å²) in [5.74, 6) is 1.51. The molecule has 3 rings (SSSR count). The van der Waals surface area contributed by atoms with Gasteiger partial charge in [0, 0.05) is 0 Å². The number of aryl methyl sites for hydroxylation is 2. The van der Waals surface area contributed by atoms with Gasteiger partial charge in [0.05, 0.1) is 4.88 Å². The van der Waals surface area contributed by atoms with Crippen LogP contribution >= 0.6 is 11.3 Å². The zero-order valence-electron chi connectivity index (χ0n) is 11.4. The van der Waals surface area contributed by atoms with E-state index in [4.69, 9.17) is 9.15 Å². The lowest BCUT2D eigenvalue weighted by Crippen LogP contribution is -1.96. The molecule has 20 heavy (non-hydrogen) atoms. The number of hydrogen-bond acceptors (Lipinski definition) is 4. The lowest BCUT2D eigenvalue weighted by atomic mass is 10.1. The third-order valence-corrected chi connectivity index (χ3v) is 4.01. The first-order valence-electron chi connectivity index (χ1n) is 6.41. The maximum Gasteiger partial charge on any atom is 0.236 e. The molecule has 0 radical (unpaired) electrons. The molecule has 0 bridgehead atoms. The molecule has 102 valence electrons. The smallest absolute Gasteiger partial charge is 0.236 e. The standard InChI is InChI=1S/C16H15NO2S/c1-11-5-6-14(8-12(11)2)18-9-13-10-19-16(17-13)15-4-3-7-20-15/h3-8,10H,9H2,1-2H3. The average Bonchev–Trinajstić information content (AvgIpc) is 3.09. The Morgan fingerprint density at radius 1 is 1.20 bits per heavy atom. The lowest BCUT2D eigenvalue weighted by molar-refractivity contribution is 0.300. The van der Waals surface area contributed by atoms with Crippen LogP contribution in [-0.2, 0) is 6.61 Å². The fraction of sp³-hybridized carbons (Fsp3) is 0.188. The van der Waals surface area contributed by atoms with Crippen molar-refractivity contribution in [2.75, 3.05) is 0 Å². The molecule has 0 amide bonds. The molecule has 0 fully saturated rings. The molecule has 0 aliphatic heterocycles. The fourth-order valence-corrected chi connectivity index (χ4v) is 2.50. The number of oxazole rings is 1. The van der Waals surface area contributed by atoms with Crippen molar-refractivity contribution >= 4 is 11.3 Å². The summed E-state index contributed by atoms with van der Waals surface area (Å²) in [4.78, 5) is 5.46. The van der Waals surface area contributed by atoms with Gasteiger partial charge in [-0.1, -0.05) is 12.1 Å². The molecule has 0 atom stereocenters. The van der Waals surface area contributed by atoms with Gasteiger partial charge in [-0.15, -0.1) is 11.3 Å². The van der Waals surface area contributed by atoms with Crippen LogP contribution in [0.2, 0.25) is 0 Å². The van der Waals surface area contributed by atoms with E-state index in [1.807, 2.05) is 29.6 Å². The van der Waals surface area contributed by atoms with Crippen molar-refractivity contribution in [3.8, 4) is 16.5 Å². The van der Waals surface area contributed by atoms with Gasteiger partial charge in [0.2, 0.25) is 5.89 Å². The van der Waals surface area contributed by atoms with E-state index in [-0.39, 0.29) is 0 Å². The molecule has 0 aliphatic rings. The van der Waals surface area contributed by atoms with Gasteiger partial charge in [-0.25, -0.2) is 4.98 Å². The maximum absolute atomic E-state index is 5.74. The highest BCUT2D eigenvalue weighted by atomic mass is 32.1. The molecule has 4 heteroatoms. The van der Waals surface area contributed by atoms with Crippen LogP contribution in [0.3, 0.4) is 0 Å². The van der Waals surface area contributed by atoms with Gasteiger partial charge in [-0.3, -0.25) is 0 Å². The van der Waals surface area contributed by atoms with Crippen LogP contribution in [0.15, 0.2) is 46.4 Å². The van der Waals surface area contributed by atoms with Gasteiger partial charge in [-0.2, -0.15) is 0 Å². The van der Waals surface area contributed by atoms with Crippen molar-refractivity contribution < 1.29 is 9.15 Å². The average molecular weight is 285 g/mol. The second-order valence-electron chi connectivity index (χ2n) is 4.66. The van der Waals surface area contributed by atoms with Crippen LogP contribution in [0.4, 0.5) is 0 Å². The van der Waals surface area contributed by atoms with E-state index in [0.29, 0.717) is 12.5 Å². The molecule has 3 nitrogen and oxygen atoms in total. The molecule has 0 aliphatic carbocycles. The number of aromatic nitrogens is 1. The van der Waals surface area contributed by atoms with E-state index in [1.54, 1.807) is 17.6 Å². The van der Waals surface area contributed by atoms with Gasteiger partial charge >= 0.3 is 0 Å². The molecule has 0 saturated heterocycles. The molecule has 0 spiro atoms. The molecule has 2 heterocycles. The highest BCUT2D eigenvalue weighted by molar-refractivity contribution is 7.13. The van der Waals surface area contributed by atoms with Crippen molar-refractivity contribution in [1.29, 1.82) is 0 Å². The third-order valence-electron chi connectivity index (χ3n) is 3.15. The Balaban J connectivity index is 1.68. The zero-order chi connectivity index (χ0) is 13.9. The van der Waals surface area contributed by atoms with Gasteiger partial charge in [-0.05, 0) is 48.6 Å². The number of rotatable bonds is 4. The zero-order valence-corrected chi connectivity index (χ0v) is 12.2. The first-order valence-corrected chi connectivity index (χ1v) is 7.28. The predicted octanol–water partition coefficient (Wildman–Crippen LogP) is 4.60. The van der Waals surface area contributed by atoms with E-state index >= 15 is 0 Å². The van der Waals surface area contributed by atoms with E-state index in [2.05, 4.69) is 24.9 Å². The summed E-state index contributed by atoms with van der Waals surface area (Å²) in [5.41, 5.74) is 3.28. The number of ether oxygens (including phenoxy) is 1. The van der Waals surface area contributed by atoms with Gasteiger partial charge in [0.15, 0.2) is 0 Å². The Bertz CT molecular complexity index is 701. The second kappa shape index (κ2) is 5.51. The predicted molar refractivity (Wildman–Crippen MR) is 80.1 cm³/mol. The van der Waals surface area contributed by atoms with Crippen molar-refractivity contribution in [2.24, 2.45) is 0 Å². The number of nitrogens with zero attached hydrogens (tertiary/aromatic N) is 1. The second-order valence-corrected chi connectivity index (χ2v) is 5.60. The summed E-state index contributed by atoms with van der Waals surface area (Å²) in [6, 6.07) is 10.0. The lowest BCUT2D eigenvalue weighted by Gasteiger charge is -2.06. The minimum atomic E-state index is 0.414. The number of thiophene rings is 1. The minimum Gasteiger partial charge on any atom is -0.487 e. The van der Waals surface area contributed by atoms with Crippen molar-refractivity contribution in [2.45, 2.75) is 20.5 Å². The topological polar surface area (TPSA) is 35.3 Å². The molecular weight excluding hydrogens is 270 g/mol. The van der Waals surface area contributed by atoms with Crippen LogP contribution in [-0.4, -0.2) is 4.98 Å². The largest absolute Gasteiger partial charge is 0.487 e. The quantitative estimate of drug-likeness (QED) is 0.702.